The molecule has 0 aromatic heterocycles. The van der Waals surface area contributed by atoms with Gasteiger partial charge in [0, 0.05) is 28.0 Å². The van der Waals surface area contributed by atoms with Crippen LogP contribution in [0.15, 0.2) is 48.5 Å². The molecular formula is C26H37Cl2NO2S. The monoisotopic (exact) mass is 497 g/mol. The maximum Gasteiger partial charge on any atom is 0.154 e. The molecule has 6 heteroatoms. The highest BCUT2D eigenvalue weighted by Gasteiger charge is 2.36. The van der Waals surface area contributed by atoms with Crippen LogP contribution in [-0.2, 0) is 9.84 Å². The molecule has 32 heavy (non-hydrogen) atoms. The van der Waals surface area contributed by atoms with Crippen molar-refractivity contribution in [3.05, 3.63) is 69.7 Å². The van der Waals surface area contributed by atoms with Gasteiger partial charge in [0.25, 0.3) is 0 Å². The van der Waals surface area contributed by atoms with Crippen LogP contribution in [0.3, 0.4) is 0 Å². The fourth-order valence-corrected chi connectivity index (χ4v) is 6.19. The molecule has 3 nitrogen and oxygen atoms in total. The van der Waals surface area contributed by atoms with Crippen LogP contribution in [0, 0.1) is 5.92 Å². The van der Waals surface area contributed by atoms with Gasteiger partial charge >= 0.3 is 0 Å². The summed E-state index contributed by atoms with van der Waals surface area (Å²) in [5.41, 5.74) is 2.29. The SMILES string of the molecule is CC[C@H](c1cccc(Cl)c1)[C@@H](c1ccc(Cl)cc1)N(CC)C(CS(=O)(=O)C(C)C)C(C)C. The molecule has 0 aliphatic carbocycles. The van der Waals surface area contributed by atoms with E-state index < -0.39 is 15.1 Å². The fourth-order valence-electron chi connectivity index (χ4n) is 4.43. The highest BCUT2D eigenvalue weighted by molar-refractivity contribution is 7.92. The van der Waals surface area contributed by atoms with Crippen molar-refractivity contribution in [2.45, 2.75) is 71.2 Å². The number of hydrogen-bond acceptors (Lipinski definition) is 3. The summed E-state index contributed by atoms with van der Waals surface area (Å²) in [5.74, 6) is 0.472. The zero-order valence-electron chi connectivity index (χ0n) is 20.1. The average Bonchev–Trinajstić information content (AvgIpc) is 2.73. The first-order valence-electron chi connectivity index (χ1n) is 11.5. The van der Waals surface area contributed by atoms with Gasteiger partial charge in [-0.3, -0.25) is 4.90 Å². The van der Waals surface area contributed by atoms with Crippen molar-refractivity contribution < 1.29 is 8.42 Å². The van der Waals surface area contributed by atoms with Crippen molar-refractivity contribution in [3.8, 4) is 0 Å². The predicted octanol–water partition coefficient (Wildman–Crippen LogP) is 7.40. The van der Waals surface area contributed by atoms with Crippen molar-refractivity contribution >= 4 is 33.0 Å². The zero-order chi connectivity index (χ0) is 24.1. The van der Waals surface area contributed by atoms with Crippen molar-refractivity contribution in [3.63, 3.8) is 0 Å². The van der Waals surface area contributed by atoms with Gasteiger partial charge in [-0.15, -0.1) is 0 Å². The average molecular weight is 499 g/mol. The molecule has 0 amide bonds. The van der Waals surface area contributed by atoms with Crippen molar-refractivity contribution in [1.82, 2.24) is 4.90 Å². The molecule has 0 fully saturated rings. The Bertz CT molecular complexity index is 958. The smallest absolute Gasteiger partial charge is 0.154 e. The molecule has 0 radical (unpaired) electrons. The minimum Gasteiger partial charge on any atom is -0.292 e. The summed E-state index contributed by atoms with van der Waals surface area (Å²) < 4.78 is 25.9. The molecule has 1 unspecified atom stereocenters. The number of nitrogens with zero attached hydrogens (tertiary/aromatic N) is 1. The molecule has 0 N–H and O–H groups in total. The van der Waals surface area contributed by atoms with Gasteiger partial charge in [0.1, 0.15) is 0 Å². The van der Waals surface area contributed by atoms with E-state index in [-0.39, 0.29) is 29.7 Å². The molecule has 2 aromatic carbocycles. The van der Waals surface area contributed by atoms with Gasteiger partial charge in [-0.05, 0) is 68.1 Å². The number of sulfone groups is 1. The standard InChI is InChI=1S/C26H37Cl2NO2S/c1-7-24(21-10-9-11-23(28)16-21)26(20-12-14-22(27)15-13-20)29(8-2)25(18(3)4)17-32(30,31)19(5)6/h9-16,18-19,24-26H,7-8,17H2,1-6H3/t24-,25?,26-/m1/s1. The van der Waals surface area contributed by atoms with Crippen LogP contribution >= 0.6 is 23.2 Å². The van der Waals surface area contributed by atoms with Gasteiger partial charge in [-0.25, -0.2) is 8.42 Å². The lowest BCUT2D eigenvalue weighted by molar-refractivity contribution is 0.101. The van der Waals surface area contributed by atoms with E-state index in [4.69, 9.17) is 23.2 Å². The first-order valence-corrected chi connectivity index (χ1v) is 14.0. The first-order chi connectivity index (χ1) is 15.0. The summed E-state index contributed by atoms with van der Waals surface area (Å²) in [7, 11) is -3.21. The lowest BCUT2D eigenvalue weighted by Gasteiger charge is -2.43. The summed E-state index contributed by atoms with van der Waals surface area (Å²) in [6, 6.07) is 15.9. The second-order valence-electron chi connectivity index (χ2n) is 9.09. The fraction of sp³-hybridized carbons (Fsp3) is 0.538. The van der Waals surface area contributed by atoms with E-state index in [0.717, 1.165) is 24.1 Å². The molecule has 178 valence electrons. The zero-order valence-corrected chi connectivity index (χ0v) is 22.4. The number of halogens is 2. The maximum atomic E-state index is 13.0. The molecule has 0 bridgehead atoms. The normalized spacial score (nSPS) is 15.3. The van der Waals surface area contributed by atoms with Gasteiger partial charge in [-0.2, -0.15) is 0 Å². The van der Waals surface area contributed by atoms with Crippen LogP contribution in [0.1, 0.15) is 71.0 Å². The quantitative estimate of drug-likeness (QED) is 0.324. The largest absolute Gasteiger partial charge is 0.292 e. The Morgan fingerprint density at radius 3 is 1.97 bits per heavy atom. The second-order valence-corrected chi connectivity index (χ2v) is 12.6. The number of hydrogen-bond donors (Lipinski definition) is 0. The Balaban J connectivity index is 2.64. The van der Waals surface area contributed by atoms with E-state index >= 15 is 0 Å². The highest BCUT2D eigenvalue weighted by Crippen LogP contribution is 2.41. The molecule has 0 spiro atoms. The summed E-state index contributed by atoms with van der Waals surface area (Å²) in [6.07, 6.45) is 0.895. The van der Waals surface area contributed by atoms with Crippen LogP contribution in [0.5, 0.6) is 0 Å². The van der Waals surface area contributed by atoms with Crippen molar-refractivity contribution in [2.24, 2.45) is 5.92 Å². The minimum absolute atomic E-state index is 0.00417. The molecule has 0 aliphatic heterocycles. The van der Waals surface area contributed by atoms with Crippen LogP contribution < -0.4 is 0 Å². The van der Waals surface area contributed by atoms with Crippen molar-refractivity contribution in [2.75, 3.05) is 12.3 Å². The summed E-state index contributed by atoms with van der Waals surface area (Å²) in [6.45, 7) is 12.8. The summed E-state index contributed by atoms with van der Waals surface area (Å²) in [5, 5.41) is 1.00. The van der Waals surface area contributed by atoms with E-state index in [2.05, 4.69) is 50.8 Å². The maximum absolute atomic E-state index is 13.0. The molecule has 2 aromatic rings. The van der Waals surface area contributed by atoms with Crippen LogP contribution in [-0.4, -0.2) is 36.9 Å². The minimum atomic E-state index is -3.21. The molecule has 0 heterocycles. The Kier molecular flexibility index (Phi) is 10.1. The summed E-state index contributed by atoms with van der Waals surface area (Å²) in [4.78, 5) is 2.38. The van der Waals surface area contributed by atoms with Gasteiger partial charge in [0.05, 0.1) is 11.0 Å². The predicted molar refractivity (Wildman–Crippen MR) is 139 cm³/mol. The molecule has 3 atom stereocenters. The van der Waals surface area contributed by atoms with E-state index in [1.807, 2.05) is 30.3 Å². The Morgan fingerprint density at radius 2 is 1.50 bits per heavy atom. The third-order valence-electron chi connectivity index (χ3n) is 6.35. The number of benzene rings is 2. The highest BCUT2D eigenvalue weighted by atomic mass is 35.5. The number of likely N-dealkylation sites (N-methyl/N-ethyl adjacent to an activating group) is 1. The van der Waals surface area contributed by atoms with Crippen LogP contribution in [0.25, 0.3) is 0 Å². The Hall–Kier alpha value is -1.07. The van der Waals surface area contributed by atoms with E-state index in [1.54, 1.807) is 13.8 Å². The topological polar surface area (TPSA) is 37.4 Å². The molecule has 0 aliphatic rings. The van der Waals surface area contributed by atoms with Gasteiger partial charge < -0.3 is 0 Å². The molecule has 0 saturated heterocycles. The number of rotatable bonds is 11. The van der Waals surface area contributed by atoms with Gasteiger partial charge in [-0.1, -0.05) is 75.2 Å². The van der Waals surface area contributed by atoms with E-state index in [9.17, 15) is 8.42 Å². The third-order valence-corrected chi connectivity index (χ3v) is 9.08. The lowest BCUT2D eigenvalue weighted by atomic mass is 9.82. The van der Waals surface area contributed by atoms with Crippen LogP contribution in [0.4, 0.5) is 0 Å². The molecule has 2 rings (SSSR count). The first kappa shape index (κ1) is 27.2. The third kappa shape index (κ3) is 6.72. The second kappa shape index (κ2) is 11.9. The van der Waals surface area contributed by atoms with Gasteiger partial charge in [0.2, 0.25) is 0 Å². The van der Waals surface area contributed by atoms with Crippen LogP contribution in [0.2, 0.25) is 10.0 Å². The van der Waals surface area contributed by atoms with Gasteiger partial charge in [0.15, 0.2) is 9.84 Å². The van der Waals surface area contributed by atoms with E-state index in [1.165, 1.54) is 0 Å². The Labute approximate surface area is 205 Å². The summed E-state index contributed by atoms with van der Waals surface area (Å²) >= 11 is 12.6. The van der Waals surface area contributed by atoms with E-state index in [0.29, 0.717) is 10.0 Å². The molecular weight excluding hydrogens is 461 g/mol. The lowest BCUT2D eigenvalue weighted by Crippen LogP contribution is -2.48. The Morgan fingerprint density at radius 1 is 0.875 bits per heavy atom. The molecule has 0 saturated carbocycles. The van der Waals surface area contributed by atoms with Crippen molar-refractivity contribution in [1.29, 1.82) is 0 Å².